The largest absolute Gasteiger partial charge is 0.147 e. The molecule has 2 aromatic rings. The number of aromatic nitrogens is 2. The number of halogens is 1. The van der Waals surface area contributed by atoms with E-state index in [2.05, 4.69) is 10.2 Å². The second-order valence-corrected chi connectivity index (χ2v) is 3.93. The van der Waals surface area contributed by atoms with Crippen molar-refractivity contribution in [2.75, 3.05) is 0 Å². The van der Waals surface area contributed by atoms with Crippen molar-refractivity contribution in [3.8, 4) is 0 Å². The van der Waals surface area contributed by atoms with Crippen molar-refractivity contribution in [1.82, 2.24) is 10.2 Å². The van der Waals surface area contributed by atoms with Crippen molar-refractivity contribution < 1.29 is 0 Å². The third-order valence-electron chi connectivity index (χ3n) is 1.70. The van der Waals surface area contributed by atoms with Crippen molar-refractivity contribution in [2.45, 2.75) is 6.42 Å². The smallest absolute Gasteiger partial charge is 0.121 e. The molecule has 0 unspecified atom stereocenters. The van der Waals surface area contributed by atoms with E-state index in [9.17, 15) is 0 Å². The summed E-state index contributed by atoms with van der Waals surface area (Å²) in [6, 6.07) is 7.79. The maximum Gasteiger partial charge on any atom is 0.121 e. The molecule has 0 spiro atoms. The van der Waals surface area contributed by atoms with Crippen LogP contribution >= 0.6 is 22.9 Å². The fraction of sp³-hybridized carbons (Fsp3) is 0.111. The lowest BCUT2D eigenvalue weighted by atomic mass is 10.2. The molecule has 66 valence electrons. The van der Waals surface area contributed by atoms with Crippen LogP contribution in [0.25, 0.3) is 0 Å². The Bertz CT molecular complexity index is 386. The lowest BCUT2D eigenvalue weighted by molar-refractivity contribution is 1.00. The van der Waals surface area contributed by atoms with Crippen molar-refractivity contribution in [2.24, 2.45) is 0 Å². The second kappa shape index (κ2) is 3.85. The molecule has 0 aliphatic heterocycles. The third-order valence-corrected chi connectivity index (χ3v) is 2.77. The molecule has 1 aromatic carbocycles. The van der Waals surface area contributed by atoms with E-state index in [1.165, 1.54) is 0 Å². The molecule has 1 aromatic heterocycles. The summed E-state index contributed by atoms with van der Waals surface area (Å²) in [5, 5.41) is 9.52. The van der Waals surface area contributed by atoms with Gasteiger partial charge in [0, 0.05) is 11.4 Å². The number of hydrogen-bond donors (Lipinski definition) is 0. The molecule has 0 N–H and O–H groups in total. The molecule has 0 fully saturated rings. The van der Waals surface area contributed by atoms with Crippen LogP contribution in [0.3, 0.4) is 0 Å². The third kappa shape index (κ3) is 2.05. The van der Waals surface area contributed by atoms with Gasteiger partial charge in [-0.1, -0.05) is 29.8 Å². The maximum atomic E-state index is 6.00. The van der Waals surface area contributed by atoms with Crippen LogP contribution in [-0.2, 0) is 6.42 Å². The van der Waals surface area contributed by atoms with Gasteiger partial charge in [0.15, 0.2) is 0 Å². The van der Waals surface area contributed by atoms with E-state index in [1.807, 2.05) is 24.3 Å². The minimum Gasteiger partial charge on any atom is -0.147 e. The zero-order valence-electron chi connectivity index (χ0n) is 6.77. The number of rotatable bonds is 2. The minimum absolute atomic E-state index is 0.768. The van der Waals surface area contributed by atoms with Gasteiger partial charge in [-0.25, -0.2) is 0 Å². The Kier molecular flexibility index (Phi) is 2.57. The predicted molar refractivity (Wildman–Crippen MR) is 54.2 cm³/mol. The quantitative estimate of drug-likeness (QED) is 0.762. The first-order valence-electron chi connectivity index (χ1n) is 3.85. The van der Waals surface area contributed by atoms with E-state index < -0.39 is 0 Å². The Morgan fingerprint density at radius 1 is 1.31 bits per heavy atom. The van der Waals surface area contributed by atoms with E-state index >= 15 is 0 Å². The molecule has 0 bridgehead atoms. The van der Waals surface area contributed by atoms with E-state index in [1.54, 1.807) is 16.8 Å². The summed E-state index contributed by atoms with van der Waals surface area (Å²) in [7, 11) is 0. The Balaban J connectivity index is 2.24. The Morgan fingerprint density at radius 3 is 2.85 bits per heavy atom. The minimum atomic E-state index is 0.768. The van der Waals surface area contributed by atoms with E-state index in [4.69, 9.17) is 11.6 Å². The van der Waals surface area contributed by atoms with Crippen LogP contribution in [0, 0.1) is 0 Å². The first-order chi connectivity index (χ1) is 6.36. The maximum absolute atomic E-state index is 6.00. The molecule has 0 atom stereocenters. The molecule has 0 amide bonds. The number of hydrogen-bond acceptors (Lipinski definition) is 3. The molecule has 0 saturated carbocycles. The van der Waals surface area contributed by atoms with Crippen LogP contribution in [0.1, 0.15) is 10.6 Å². The van der Waals surface area contributed by atoms with Gasteiger partial charge in [0.2, 0.25) is 0 Å². The summed E-state index contributed by atoms with van der Waals surface area (Å²) in [5.74, 6) is 0. The fourth-order valence-electron chi connectivity index (χ4n) is 1.08. The van der Waals surface area contributed by atoms with Crippen LogP contribution in [0.2, 0.25) is 5.02 Å². The second-order valence-electron chi connectivity index (χ2n) is 2.60. The summed E-state index contributed by atoms with van der Waals surface area (Å²) < 4.78 is 0. The van der Waals surface area contributed by atoms with Crippen molar-refractivity contribution in [1.29, 1.82) is 0 Å². The highest BCUT2D eigenvalue weighted by molar-refractivity contribution is 7.09. The monoisotopic (exact) mass is 210 g/mol. The van der Waals surface area contributed by atoms with Crippen molar-refractivity contribution in [3.63, 3.8) is 0 Å². The zero-order valence-corrected chi connectivity index (χ0v) is 8.35. The molecule has 0 radical (unpaired) electrons. The standard InChI is InChI=1S/C9H7ClN2S/c10-8-4-2-1-3-7(8)5-9-12-11-6-13-9/h1-4,6H,5H2. The molecule has 0 saturated heterocycles. The van der Waals surface area contributed by atoms with Gasteiger partial charge >= 0.3 is 0 Å². The highest BCUT2D eigenvalue weighted by atomic mass is 35.5. The molecular formula is C9H7ClN2S. The van der Waals surface area contributed by atoms with E-state index in [-0.39, 0.29) is 0 Å². The molecule has 13 heavy (non-hydrogen) atoms. The first kappa shape index (κ1) is 8.66. The van der Waals surface area contributed by atoms with Gasteiger partial charge in [0.05, 0.1) is 0 Å². The van der Waals surface area contributed by atoms with Crippen LogP contribution in [0.15, 0.2) is 29.8 Å². The molecule has 1 heterocycles. The Labute approximate surface area is 85.2 Å². The van der Waals surface area contributed by atoms with E-state index in [0.29, 0.717) is 0 Å². The molecule has 0 aliphatic rings. The molecule has 2 rings (SSSR count). The fourth-order valence-corrected chi connectivity index (χ4v) is 1.83. The average molecular weight is 211 g/mol. The number of nitrogens with zero attached hydrogens (tertiary/aromatic N) is 2. The van der Waals surface area contributed by atoms with Gasteiger partial charge in [-0.15, -0.1) is 21.5 Å². The van der Waals surface area contributed by atoms with Gasteiger partial charge in [-0.05, 0) is 11.6 Å². The van der Waals surface area contributed by atoms with Gasteiger partial charge in [-0.2, -0.15) is 0 Å². The Hall–Kier alpha value is -0.930. The molecular weight excluding hydrogens is 204 g/mol. The first-order valence-corrected chi connectivity index (χ1v) is 5.10. The van der Waals surface area contributed by atoms with Crippen LogP contribution in [-0.4, -0.2) is 10.2 Å². The zero-order chi connectivity index (χ0) is 9.10. The molecule has 2 nitrogen and oxygen atoms in total. The van der Waals surface area contributed by atoms with Gasteiger partial charge in [-0.3, -0.25) is 0 Å². The number of benzene rings is 1. The average Bonchev–Trinajstić information content (AvgIpc) is 2.61. The normalized spacial score (nSPS) is 10.2. The topological polar surface area (TPSA) is 25.8 Å². The van der Waals surface area contributed by atoms with Gasteiger partial charge in [0.25, 0.3) is 0 Å². The van der Waals surface area contributed by atoms with Crippen molar-refractivity contribution >= 4 is 22.9 Å². The highest BCUT2D eigenvalue weighted by Gasteiger charge is 2.02. The van der Waals surface area contributed by atoms with Crippen molar-refractivity contribution in [3.05, 3.63) is 45.4 Å². The Morgan fingerprint density at radius 2 is 2.15 bits per heavy atom. The summed E-state index contributed by atoms with van der Waals surface area (Å²) in [6.07, 6.45) is 0.768. The lowest BCUT2D eigenvalue weighted by Gasteiger charge is -1.99. The lowest BCUT2D eigenvalue weighted by Crippen LogP contribution is -1.87. The summed E-state index contributed by atoms with van der Waals surface area (Å²) in [5.41, 5.74) is 2.83. The summed E-state index contributed by atoms with van der Waals surface area (Å²) in [6.45, 7) is 0. The van der Waals surface area contributed by atoms with Crippen LogP contribution in [0.4, 0.5) is 0 Å². The van der Waals surface area contributed by atoms with Crippen LogP contribution < -0.4 is 0 Å². The van der Waals surface area contributed by atoms with Gasteiger partial charge in [0.1, 0.15) is 10.5 Å². The van der Waals surface area contributed by atoms with Gasteiger partial charge < -0.3 is 0 Å². The molecule has 0 aliphatic carbocycles. The summed E-state index contributed by atoms with van der Waals surface area (Å²) >= 11 is 7.54. The van der Waals surface area contributed by atoms with Crippen LogP contribution in [0.5, 0.6) is 0 Å². The molecule has 4 heteroatoms. The highest BCUT2D eigenvalue weighted by Crippen LogP contribution is 2.18. The SMILES string of the molecule is Clc1ccccc1Cc1nncs1. The summed E-state index contributed by atoms with van der Waals surface area (Å²) in [4.78, 5) is 0. The predicted octanol–water partition coefficient (Wildman–Crippen LogP) is 2.78. The van der Waals surface area contributed by atoms with E-state index in [0.717, 1.165) is 22.0 Å².